The Morgan fingerprint density at radius 3 is 2.60 bits per heavy atom. The van der Waals surface area contributed by atoms with Gasteiger partial charge in [-0.3, -0.25) is 9.59 Å². The molecular weight excluding hydrogens is 274 g/mol. The lowest BCUT2D eigenvalue weighted by Gasteiger charge is -2.09. The van der Waals surface area contributed by atoms with Crippen LogP contribution in [0.1, 0.15) is 26.3 Å². The highest BCUT2D eigenvalue weighted by Gasteiger charge is 2.15. The van der Waals surface area contributed by atoms with Crippen LogP contribution in [0.25, 0.3) is 0 Å². The molecule has 0 radical (unpaired) electrons. The first kappa shape index (κ1) is 14.2. The zero-order valence-electron chi connectivity index (χ0n) is 10.8. The van der Waals surface area contributed by atoms with E-state index in [1.54, 1.807) is 23.6 Å². The molecule has 0 atom stereocenters. The fourth-order valence-corrected chi connectivity index (χ4v) is 2.67. The molecule has 0 saturated carbocycles. The largest absolute Gasteiger partial charge is 0.366 e. The molecule has 0 spiro atoms. The minimum Gasteiger partial charge on any atom is -0.366 e. The minimum atomic E-state index is -0.559. The Bertz CT molecular complexity index is 637. The zero-order chi connectivity index (χ0) is 14.5. The molecular formula is C14H15N3O2S. The number of benzene rings is 1. The standard InChI is InChI=1S/C14H15N3O2S/c15-7-5-9-3-1-2-4-10(9)13(19)17-14-11(12(16)18)6-8-20-14/h1-4,6,8H,5,7,15H2,(H2,16,18)(H,17,19). The first-order valence-electron chi connectivity index (χ1n) is 6.10. The van der Waals surface area contributed by atoms with Gasteiger partial charge < -0.3 is 16.8 Å². The molecule has 2 amide bonds. The fraction of sp³-hybridized carbons (Fsp3) is 0.143. The zero-order valence-corrected chi connectivity index (χ0v) is 11.6. The number of rotatable bonds is 5. The molecule has 0 saturated heterocycles. The van der Waals surface area contributed by atoms with Crippen LogP contribution in [-0.2, 0) is 6.42 Å². The molecule has 6 heteroatoms. The lowest BCUT2D eigenvalue weighted by molar-refractivity contribution is 0.100. The smallest absolute Gasteiger partial charge is 0.256 e. The number of hydrogen-bond donors (Lipinski definition) is 3. The highest BCUT2D eigenvalue weighted by atomic mass is 32.1. The molecule has 5 nitrogen and oxygen atoms in total. The molecule has 0 fully saturated rings. The van der Waals surface area contributed by atoms with E-state index in [0.717, 1.165) is 5.56 Å². The Labute approximate surface area is 120 Å². The molecule has 2 aromatic rings. The summed E-state index contributed by atoms with van der Waals surface area (Å²) in [5.74, 6) is -0.823. The molecule has 2 rings (SSSR count). The van der Waals surface area contributed by atoms with Crippen molar-refractivity contribution in [3.05, 3.63) is 52.4 Å². The number of nitrogens with two attached hydrogens (primary N) is 2. The third-order valence-electron chi connectivity index (χ3n) is 2.83. The van der Waals surface area contributed by atoms with Crippen LogP contribution in [0.5, 0.6) is 0 Å². The second kappa shape index (κ2) is 6.31. The van der Waals surface area contributed by atoms with E-state index >= 15 is 0 Å². The van der Waals surface area contributed by atoms with E-state index in [1.807, 2.05) is 12.1 Å². The third-order valence-corrected chi connectivity index (χ3v) is 3.66. The molecule has 20 heavy (non-hydrogen) atoms. The van der Waals surface area contributed by atoms with Gasteiger partial charge in [-0.05, 0) is 36.0 Å². The van der Waals surface area contributed by atoms with Crippen LogP contribution in [0.2, 0.25) is 0 Å². The van der Waals surface area contributed by atoms with E-state index in [0.29, 0.717) is 29.1 Å². The number of anilines is 1. The van der Waals surface area contributed by atoms with Crippen molar-refractivity contribution < 1.29 is 9.59 Å². The molecule has 5 N–H and O–H groups in total. The molecule has 0 aliphatic rings. The summed E-state index contributed by atoms with van der Waals surface area (Å²) >= 11 is 1.26. The van der Waals surface area contributed by atoms with E-state index < -0.39 is 5.91 Å². The highest BCUT2D eigenvalue weighted by molar-refractivity contribution is 7.14. The number of carbonyl (C=O) groups excluding carboxylic acids is 2. The second-order valence-corrected chi connectivity index (χ2v) is 5.09. The lowest BCUT2D eigenvalue weighted by Crippen LogP contribution is -2.18. The van der Waals surface area contributed by atoms with Crippen LogP contribution in [0, 0.1) is 0 Å². The van der Waals surface area contributed by atoms with Crippen molar-refractivity contribution in [3.63, 3.8) is 0 Å². The van der Waals surface area contributed by atoms with Crippen LogP contribution >= 0.6 is 11.3 Å². The predicted molar refractivity (Wildman–Crippen MR) is 80.0 cm³/mol. The summed E-state index contributed by atoms with van der Waals surface area (Å²) in [6, 6.07) is 8.84. The molecule has 1 aromatic heterocycles. The predicted octanol–water partition coefficient (Wildman–Crippen LogP) is 1.60. The van der Waals surface area contributed by atoms with Crippen molar-refractivity contribution in [2.24, 2.45) is 11.5 Å². The summed E-state index contributed by atoms with van der Waals surface area (Å²) in [5, 5.41) is 4.90. The molecule has 0 unspecified atom stereocenters. The van der Waals surface area contributed by atoms with Gasteiger partial charge in [-0.2, -0.15) is 0 Å². The summed E-state index contributed by atoms with van der Waals surface area (Å²) in [6.07, 6.45) is 0.622. The first-order valence-corrected chi connectivity index (χ1v) is 6.98. The summed E-state index contributed by atoms with van der Waals surface area (Å²) < 4.78 is 0. The number of hydrogen-bond acceptors (Lipinski definition) is 4. The van der Waals surface area contributed by atoms with Crippen molar-refractivity contribution in [1.29, 1.82) is 0 Å². The molecule has 104 valence electrons. The van der Waals surface area contributed by atoms with E-state index in [9.17, 15) is 9.59 Å². The Morgan fingerprint density at radius 2 is 1.90 bits per heavy atom. The van der Waals surface area contributed by atoms with Crippen LogP contribution < -0.4 is 16.8 Å². The van der Waals surface area contributed by atoms with Gasteiger partial charge in [-0.1, -0.05) is 18.2 Å². The van der Waals surface area contributed by atoms with Gasteiger partial charge in [0.15, 0.2) is 0 Å². The van der Waals surface area contributed by atoms with Crippen molar-refractivity contribution in [2.75, 3.05) is 11.9 Å². The molecule has 0 aliphatic carbocycles. The van der Waals surface area contributed by atoms with E-state index in [1.165, 1.54) is 11.3 Å². The average Bonchev–Trinajstić information content (AvgIpc) is 2.88. The van der Waals surface area contributed by atoms with Crippen molar-refractivity contribution in [3.8, 4) is 0 Å². The van der Waals surface area contributed by atoms with E-state index in [-0.39, 0.29) is 5.91 Å². The van der Waals surface area contributed by atoms with Crippen molar-refractivity contribution in [1.82, 2.24) is 0 Å². The lowest BCUT2D eigenvalue weighted by atomic mass is 10.0. The SMILES string of the molecule is NCCc1ccccc1C(=O)Nc1sccc1C(N)=O. The highest BCUT2D eigenvalue weighted by Crippen LogP contribution is 2.24. The molecule has 1 heterocycles. The Kier molecular flexibility index (Phi) is 4.49. The maximum atomic E-state index is 12.3. The van der Waals surface area contributed by atoms with Crippen molar-refractivity contribution >= 4 is 28.2 Å². The van der Waals surface area contributed by atoms with E-state index in [2.05, 4.69) is 5.32 Å². The van der Waals surface area contributed by atoms with Crippen molar-refractivity contribution in [2.45, 2.75) is 6.42 Å². The van der Waals surface area contributed by atoms with Gasteiger partial charge in [0.2, 0.25) is 0 Å². The maximum absolute atomic E-state index is 12.3. The van der Waals surface area contributed by atoms with Gasteiger partial charge in [0.25, 0.3) is 11.8 Å². The quantitative estimate of drug-likeness (QED) is 0.779. The van der Waals surface area contributed by atoms with Gasteiger partial charge in [-0.25, -0.2) is 0 Å². The molecule has 0 aliphatic heterocycles. The van der Waals surface area contributed by atoms with E-state index in [4.69, 9.17) is 11.5 Å². The number of thiophene rings is 1. The second-order valence-electron chi connectivity index (χ2n) is 4.18. The monoisotopic (exact) mass is 289 g/mol. The van der Waals surface area contributed by atoms with Crippen LogP contribution in [0.4, 0.5) is 5.00 Å². The summed E-state index contributed by atoms with van der Waals surface area (Å²) in [7, 11) is 0. The Balaban J connectivity index is 2.24. The van der Waals surface area contributed by atoms with Crippen LogP contribution in [-0.4, -0.2) is 18.4 Å². The van der Waals surface area contributed by atoms with Gasteiger partial charge in [0.1, 0.15) is 5.00 Å². The van der Waals surface area contributed by atoms with Gasteiger partial charge >= 0.3 is 0 Å². The third kappa shape index (κ3) is 3.04. The normalized spacial score (nSPS) is 10.2. The number of primary amides is 1. The number of nitrogens with one attached hydrogen (secondary N) is 1. The van der Waals surface area contributed by atoms with Crippen LogP contribution in [0.15, 0.2) is 35.7 Å². The van der Waals surface area contributed by atoms with Crippen LogP contribution in [0.3, 0.4) is 0 Å². The van der Waals surface area contributed by atoms with Gasteiger partial charge in [0.05, 0.1) is 5.56 Å². The molecule has 1 aromatic carbocycles. The number of carbonyl (C=O) groups is 2. The van der Waals surface area contributed by atoms with Gasteiger partial charge in [0, 0.05) is 5.56 Å². The minimum absolute atomic E-state index is 0.265. The summed E-state index contributed by atoms with van der Waals surface area (Å²) in [6.45, 7) is 0.468. The summed E-state index contributed by atoms with van der Waals surface area (Å²) in [4.78, 5) is 23.5. The maximum Gasteiger partial charge on any atom is 0.256 e. The number of amides is 2. The average molecular weight is 289 g/mol. The Hall–Kier alpha value is -2.18. The summed E-state index contributed by atoms with van der Waals surface area (Å²) in [5.41, 5.74) is 12.5. The van der Waals surface area contributed by atoms with Gasteiger partial charge in [-0.15, -0.1) is 11.3 Å². The molecule has 0 bridgehead atoms. The first-order chi connectivity index (χ1) is 9.63. The topological polar surface area (TPSA) is 98.2 Å². The Morgan fingerprint density at radius 1 is 1.15 bits per heavy atom. The fourth-order valence-electron chi connectivity index (χ4n) is 1.89.